The van der Waals surface area contributed by atoms with Crippen LogP contribution in [0.4, 0.5) is 10.5 Å². The number of nitrogens with zero attached hydrogens (tertiary/aromatic N) is 2. The standard InChI is InChI=1S/C13H13N3O2/c1-10-14-7-12(8-15-10)16-13(17)18-9-11-5-3-2-4-6-11/h2-8H,9H2,1H3,(H,16,17). The van der Waals surface area contributed by atoms with Gasteiger partial charge in [0.05, 0.1) is 18.1 Å². The molecule has 1 aromatic heterocycles. The molecule has 0 aliphatic heterocycles. The van der Waals surface area contributed by atoms with E-state index >= 15 is 0 Å². The number of rotatable bonds is 3. The van der Waals surface area contributed by atoms with Crippen molar-refractivity contribution in [2.75, 3.05) is 5.32 Å². The Morgan fingerprint density at radius 3 is 2.56 bits per heavy atom. The van der Waals surface area contributed by atoms with Gasteiger partial charge >= 0.3 is 6.09 Å². The molecular formula is C13H13N3O2. The van der Waals surface area contributed by atoms with Crippen LogP contribution in [-0.2, 0) is 11.3 Å². The molecule has 2 rings (SSSR count). The van der Waals surface area contributed by atoms with Crippen molar-refractivity contribution < 1.29 is 9.53 Å². The molecule has 5 nitrogen and oxygen atoms in total. The first-order valence-electron chi connectivity index (χ1n) is 5.50. The van der Waals surface area contributed by atoms with Crippen molar-refractivity contribution >= 4 is 11.8 Å². The van der Waals surface area contributed by atoms with Crippen LogP contribution >= 0.6 is 0 Å². The molecular weight excluding hydrogens is 230 g/mol. The molecule has 1 heterocycles. The minimum absolute atomic E-state index is 0.236. The molecule has 0 aliphatic rings. The van der Waals surface area contributed by atoms with Crippen molar-refractivity contribution in [2.24, 2.45) is 0 Å². The average Bonchev–Trinajstić information content (AvgIpc) is 2.40. The molecule has 5 heteroatoms. The zero-order valence-corrected chi connectivity index (χ0v) is 9.96. The summed E-state index contributed by atoms with van der Waals surface area (Å²) in [5, 5.41) is 2.55. The van der Waals surface area contributed by atoms with Crippen molar-refractivity contribution in [1.29, 1.82) is 0 Å². The van der Waals surface area contributed by atoms with Gasteiger partial charge in [0.25, 0.3) is 0 Å². The van der Waals surface area contributed by atoms with Gasteiger partial charge in [-0.3, -0.25) is 5.32 Å². The molecule has 2 aromatic rings. The summed E-state index contributed by atoms with van der Waals surface area (Å²) in [4.78, 5) is 19.4. The summed E-state index contributed by atoms with van der Waals surface area (Å²) in [6, 6.07) is 9.48. The highest BCUT2D eigenvalue weighted by Crippen LogP contribution is 2.05. The fraction of sp³-hybridized carbons (Fsp3) is 0.154. The van der Waals surface area contributed by atoms with Crippen molar-refractivity contribution in [3.8, 4) is 0 Å². The lowest BCUT2D eigenvalue weighted by Crippen LogP contribution is -2.14. The second-order valence-corrected chi connectivity index (χ2v) is 3.71. The van der Waals surface area contributed by atoms with Gasteiger partial charge in [0.15, 0.2) is 0 Å². The summed E-state index contributed by atoms with van der Waals surface area (Å²) >= 11 is 0. The summed E-state index contributed by atoms with van der Waals surface area (Å²) in [5.41, 5.74) is 1.45. The van der Waals surface area contributed by atoms with Gasteiger partial charge in [-0.2, -0.15) is 0 Å². The lowest BCUT2D eigenvalue weighted by Gasteiger charge is -2.06. The Bertz CT molecular complexity index is 512. The number of carbonyl (C=O) groups excluding carboxylic acids is 1. The van der Waals surface area contributed by atoms with E-state index in [1.54, 1.807) is 6.92 Å². The molecule has 92 valence electrons. The summed E-state index contributed by atoms with van der Waals surface area (Å²) in [5.74, 6) is 0.651. The Morgan fingerprint density at radius 1 is 1.22 bits per heavy atom. The third-order valence-corrected chi connectivity index (χ3v) is 2.24. The highest BCUT2D eigenvalue weighted by Gasteiger charge is 2.03. The number of aryl methyl sites for hydroxylation is 1. The van der Waals surface area contributed by atoms with Gasteiger partial charge in [-0.25, -0.2) is 14.8 Å². The van der Waals surface area contributed by atoms with Crippen molar-refractivity contribution in [2.45, 2.75) is 13.5 Å². The molecule has 0 unspecified atom stereocenters. The summed E-state index contributed by atoms with van der Waals surface area (Å²) < 4.78 is 5.06. The van der Waals surface area contributed by atoms with E-state index in [1.807, 2.05) is 30.3 Å². The lowest BCUT2D eigenvalue weighted by molar-refractivity contribution is 0.155. The Labute approximate surface area is 105 Å². The predicted octanol–water partition coefficient (Wildman–Crippen LogP) is 2.53. The largest absolute Gasteiger partial charge is 0.444 e. The number of carbonyl (C=O) groups is 1. The Kier molecular flexibility index (Phi) is 3.86. The van der Waals surface area contributed by atoms with Crippen LogP contribution < -0.4 is 5.32 Å². The second kappa shape index (κ2) is 5.77. The number of amides is 1. The second-order valence-electron chi connectivity index (χ2n) is 3.71. The Hall–Kier alpha value is -2.43. The topological polar surface area (TPSA) is 64.1 Å². The van der Waals surface area contributed by atoms with E-state index in [9.17, 15) is 4.79 Å². The average molecular weight is 243 g/mol. The Morgan fingerprint density at radius 2 is 1.89 bits per heavy atom. The number of hydrogen-bond donors (Lipinski definition) is 1. The Balaban J connectivity index is 1.84. The quantitative estimate of drug-likeness (QED) is 0.899. The summed E-state index contributed by atoms with van der Waals surface area (Å²) in [6.45, 7) is 2.01. The van der Waals surface area contributed by atoms with Crippen LogP contribution in [-0.4, -0.2) is 16.1 Å². The monoisotopic (exact) mass is 243 g/mol. The van der Waals surface area contributed by atoms with Gasteiger partial charge in [0.2, 0.25) is 0 Å². The van der Waals surface area contributed by atoms with E-state index < -0.39 is 6.09 Å². The molecule has 0 saturated carbocycles. The van der Waals surface area contributed by atoms with Gasteiger partial charge in [-0.15, -0.1) is 0 Å². The minimum atomic E-state index is -0.522. The minimum Gasteiger partial charge on any atom is -0.444 e. The van der Waals surface area contributed by atoms with Gasteiger partial charge in [0, 0.05) is 0 Å². The highest BCUT2D eigenvalue weighted by atomic mass is 16.5. The maximum absolute atomic E-state index is 11.5. The lowest BCUT2D eigenvalue weighted by atomic mass is 10.2. The number of benzene rings is 1. The first kappa shape index (κ1) is 12.0. The van der Waals surface area contributed by atoms with Crippen LogP contribution in [0, 0.1) is 6.92 Å². The van der Waals surface area contributed by atoms with Crippen molar-refractivity contribution in [3.05, 3.63) is 54.1 Å². The van der Waals surface area contributed by atoms with E-state index in [1.165, 1.54) is 12.4 Å². The highest BCUT2D eigenvalue weighted by molar-refractivity contribution is 5.83. The summed E-state index contributed by atoms with van der Waals surface area (Å²) in [6.07, 6.45) is 2.55. The molecule has 0 spiro atoms. The van der Waals surface area contributed by atoms with Crippen LogP contribution in [0.5, 0.6) is 0 Å². The zero-order valence-electron chi connectivity index (χ0n) is 9.96. The molecule has 0 atom stereocenters. The molecule has 1 N–H and O–H groups in total. The van der Waals surface area contributed by atoms with E-state index in [0.717, 1.165) is 5.56 Å². The van der Waals surface area contributed by atoms with E-state index in [4.69, 9.17) is 4.74 Å². The van der Waals surface area contributed by atoms with Crippen LogP contribution in [0.3, 0.4) is 0 Å². The number of nitrogens with one attached hydrogen (secondary N) is 1. The smallest absolute Gasteiger partial charge is 0.412 e. The fourth-order valence-corrected chi connectivity index (χ4v) is 1.33. The first-order valence-corrected chi connectivity index (χ1v) is 5.50. The maximum atomic E-state index is 11.5. The third-order valence-electron chi connectivity index (χ3n) is 2.24. The van der Waals surface area contributed by atoms with Gasteiger partial charge in [-0.05, 0) is 12.5 Å². The fourth-order valence-electron chi connectivity index (χ4n) is 1.33. The predicted molar refractivity (Wildman–Crippen MR) is 67.0 cm³/mol. The molecule has 0 aliphatic carbocycles. The SMILES string of the molecule is Cc1ncc(NC(=O)OCc2ccccc2)cn1. The van der Waals surface area contributed by atoms with E-state index in [0.29, 0.717) is 11.5 Å². The zero-order chi connectivity index (χ0) is 12.8. The van der Waals surface area contributed by atoms with E-state index in [-0.39, 0.29) is 6.61 Å². The number of aromatic nitrogens is 2. The van der Waals surface area contributed by atoms with Crippen molar-refractivity contribution in [1.82, 2.24) is 9.97 Å². The van der Waals surface area contributed by atoms with Crippen LogP contribution in [0.25, 0.3) is 0 Å². The molecule has 0 bridgehead atoms. The molecule has 1 amide bonds. The molecule has 0 fully saturated rings. The van der Waals surface area contributed by atoms with Crippen LogP contribution in [0.1, 0.15) is 11.4 Å². The van der Waals surface area contributed by atoms with Gasteiger partial charge in [-0.1, -0.05) is 30.3 Å². The normalized spacial score (nSPS) is 9.83. The molecule has 0 saturated heterocycles. The van der Waals surface area contributed by atoms with Crippen LogP contribution in [0.2, 0.25) is 0 Å². The molecule has 1 aromatic carbocycles. The van der Waals surface area contributed by atoms with Gasteiger partial charge < -0.3 is 4.74 Å². The molecule has 0 radical (unpaired) electrons. The number of hydrogen-bond acceptors (Lipinski definition) is 4. The number of anilines is 1. The number of ether oxygens (including phenoxy) is 1. The van der Waals surface area contributed by atoms with E-state index in [2.05, 4.69) is 15.3 Å². The van der Waals surface area contributed by atoms with Crippen LogP contribution in [0.15, 0.2) is 42.7 Å². The van der Waals surface area contributed by atoms with Crippen molar-refractivity contribution in [3.63, 3.8) is 0 Å². The van der Waals surface area contributed by atoms with Gasteiger partial charge in [0.1, 0.15) is 12.4 Å². The maximum Gasteiger partial charge on any atom is 0.412 e. The third kappa shape index (κ3) is 3.55. The first-order chi connectivity index (χ1) is 8.74. The summed E-state index contributed by atoms with van der Waals surface area (Å²) in [7, 11) is 0. The molecule has 18 heavy (non-hydrogen) atoms.